The van der Waals surface area contributed by atoms with Gasteiger partial charge in [0.25, 0.3) is 0 Å². The van der Waals surface area contributed by atoms with Gasteiger partial charge >= 0.3 is 0 Å². The third kappa shape index (κ3) is 2.33. The topological polar surface area (TPSA) is 59.2 Å². The molecule has 1 aliphatic rings. The summed E-state index contributed by atoms with van der Waals surface area (Å²) in [6, 6.07) is 5.74. The molecule has 0 radical (unpaired) electrons. The van der Waals surface area contributed by atoms with E-state index in [1.165, 1.54) is 0 Å². The maximum Gasteiger partial charge on any atom is 0.227 e. The van der Waals surface area contributed by atoms with E-state index in [-0.39, 0.29) is 5.91 Å². The van der Waals surface area contributed by atoms with Crippen LogP contribution in [0, 0.1) is 6.92 Å². The fourth-order valence-electron chi connectivity index (χ4n) is 2.36. The second-order valence-electron chi connectivity index (χ2n) is 4.75. The van der Waals surface area contributed by atoms with Crippen molar-refractivity contribution in [1.82, 2.24) is 4.98 Å². The molecule has 1 aliphatic heterocycles. The standard InChI is InChI=1S/C14H15N3OS/c1-9-8-19-13(16-9)7-17-12-4-3-11(15)6-10(12)2-5-14(17)18/h3-4,6,8H,2,5,7,15H2,1H3. The molecule has 2 heterocycles. The number of rotatable bonds is 2. The average Bonchev–Trinajstić information content (AvgIpc) is 2.78. The number of nitrogens with two attached hydrogens (primary N) is 1. The SMILES string of the molecule is Cc1csc(CN2C(=O)CCc3cc(N)ccc32)n1. The molecule has 0 spiro atoms. The van der Waals surface area contributed by atoms with Gasteiger partial charge in [-0.2, -0.15) is 0 Å². The average molecular weight is 273 g/mol. The smallest absolute Gasteiger partial charge is 0.227 e. The van der Waals surface area contributed by atoms with Crippen LogP contribution in [0.4, 0.5) is 11.4 Å². The molecule has 0 aliphatic carbocycles. The number of thiazole rings is 1. The molecule has 0 fully saturated rings. The van der Waals surface area contributed by atoms with Gasteiger partial charge in [-0.1, -0.05) is 0 Å². The number of anilines is 2. The van der Waals surface area contributed by atoms with Crippen LogP contribution < -0.4 is 10.6 Å². The van der Waals surface area contributed by atoms with Crippen LogP contribution in [0.2, 0.25) is 0 Å². The number of benzene rings is 1. The number of carbonyl (C=O) groups is 1. The van der Waals surface area contributed by atoms with Crippen molar-refractivity contribution in [3.63, 3.8) is 0 Å². The number of amides is 1. The zero-order valence-corrected chi connectivity index (χ0v) is 11.5. The highest BCUT2D eigenvalue weighted by Crippen LogP contribution is 2.31. The second kappa shape index (κ2) is 4.66. The largest absolute Gasteiger partial charge is 0.399 e. The van der Waals surface area contributed by atoms with Gasteiger partial charge in [0.1, 0.15) is 5.01 Å². The Kier molecular flexibility index (Phi) is 2.98. The summed E-state index contributed by atoms with van der Waals surface area (Å²) >= 11 is 1.59. The molecular formula is C14H15N3OS. The quantitative estimate of drug-likeness (QED) is 0.855. The van der Waals surface area contributed by atoms with E-state index in [1.807, 2.05) is 35.4 Å². The van der Waals surface area contributed by atoms with Crippen LogP contribution >= 0.6 is 11.3 Å². The Morgan fingerprint density at radius 1 is 1.42 bits per heavy atom. The van der Waals surface area contributed by atoms with Gasteiger partial charge in [-0.25, -0.2) is 4.98 Å². The molecule has 0 saturated carbocycles. The zero-order valence-electron chi connectivity index (χ0n) is 10.7. The number of aryl methyl sites for hydroxylation is 2. The van der Waals surface area contributed by atoms with Crippen LogP contribution in [-0.4, -0.2) is 10.9 Å². The van der Waals surface area contributed by atoms with Crippen molar-refractivity contribution in [2.45, 2.75) is 26.3 Å². The number of aromatic nitrogens is 1. The summed E-state index contributed by atoms with van der Waals surface area (Å²) in [7, 11) is 0. The lowest BCUT2D eigenvalue weighted by Gasteiger charge is -2.29. The number of carbonyl (C=O) groups excluding carboxylic acids is 1. The number of hydrogen-bond donors (Lipinski definition) is 1. The van der Waals surface area contributed by atoms with Gasteiger partial charge in [0.2, 0.25) is 5.91 Å². The van der Waals surface area contributed by atoms with Crippen molar-refractivity contribution >= 4 is 28.6 Å². The normalized spacial score (nSPS) is 14.6. The third-order valence-electron chi connectivity index (χ3n) is 3.26. The monoisotopic (exact) mass is 273 g/mol. The van der Waals surface area contributed by atoms with Crippen molar-refractivity contribution in [3.8, 4) is 0 Å². The molecule has 1 amide bonds. The van der Waals surface area contributed by atoms with Gasteiger partial charge in [-0.3, -0.25) is 4.79 Å². The molecule has 3 rings (SSSR count). The Hall–Kier alpha value is -1.88. The van der Waals surface area contributed by atoms with Crippen molar-refractivity contribution in [3.05, 3.63) is 39.8 Å². The Bertz CT molecular complexity index is 635. The van der Waals surface area contributed by atoms with E-state index in [4.69, 9.17) is 5.73 Å². The fourth-order valence-corrected chi connectivity index (χ4v) is 3.12. The van der Waals surface area contributed by atoms with Crippen molar-refractivity contribution in [2.24, 2.45) is 0 Å². The summed E-state index contributed by atoms with van der Waals surface area (Å²) in [5.74, 6) is 0.158. The third-order valence-corrected chi connectivity index (χ3v) is 4.21. The lowest BCUT2D eigenvalue weighted by atomic mass is 10.0. The first-order valence-corrected chi connectivity index (χ1v) is 7.11. The van der Waals surface area contributed by atoms with Gasteiger partial charge in [-0.05, 0) is 37.1 Å². The van der Waals surface area contributed by atoms with Gasteiger partial charge in [0.15, 0.2) is 0 Å². The number of hydrogen-bond acceptors (Lipinski definition) is 4. The molecule has 5 heteroatoms. The molecule has 98 valence electrons. The van der Waals surface area contributed by atoms with E-state index in [9.17, 15) is 4.79 Å². The van der Waals surface area contributed by atoms with Crippen molar-refractivity contribution in [2.75, 3.05) is 10.6 Å². The predicted molar refractivity (Wildman–Crippen MR) is 77.2 cm³/mol. The molecule has 0 bridgehead atoms. The van der Waals surface area contributed by atoms with Crippen LogP contribution in [-0.2, 0) is 17.8 Å². The highest BCUT2D eigenvalue weighted by atomic mass is 32.1. The molecule has 1 aromatic heterocycles. The van der Waals surface area contributed by atoms with Crippen molar-refractivity contribution < 1.29 is 4.79 Å². The minimum atomic E-state index is 0.158. The van der Waals surface area contributed by atoms with Gasteiger partial charge < -0.3 is 10.6 Å². The van der Waals surface area contributed by atoms with Gasteiger partial charge in [-0.15, -0.1) is 11.3 Å². The van der Waals surface area contributed by atoms with Gasteiger partial charge in [0, 0.05) is 28.9 Å². The van der Waals surface area contributed by atoms with Crippen LogP contribution in [0.5, 0.6) is 0 Å². The molecule has 19 heavy (non-hydrogen) atoms. The Morgan fingerprint density at radius 2 is 2.26 bits per heavy atom. The summed E-state index contributed by atoms with van der Waals surface area (Å²) in [5.41, 5.74) is 9.67. The van der Waals surface area contributed by atoms with E-state index in [2.05, 4.69) is 4.98 Å². The van der Waals surface area contributed by atoms with Gasteiger partial charge in [0.05, 0.1) is 6.54 Å². The first-order valence-electron chi connectivity index (χ1n) is 6.23. The molecule has 2 N–H and O–H groups in total. The molecule has 0 saturated heterocycles. The minimum absolute atomic E-state index is 0.158. The predicted octanol–water partition coefficient (Wildman–Crippen LogP) is 2.51. The summed E-state index contributed by atoms with van der Waals surface area (Å²) in [4.78, 5) is 18.4. The number of nitrogen functional groups attached to an aromatic ring is 1. The summed E-state index contributed by atoms with van der Waals surface area (Å²) in [6.45, 7) is 2.51. The lowest BCUT2D eigenvalue weighted by Crippen LogP contribution is -2.34. The number of fused-ring (bicyclic) bond motifs is 1. The number of nitrogens with zero attached hydrogens (tertiary/aromatic N) is 2. The molecule has 0 atom stereocenters. The van der Waals surface area contributed by atoms with E-state index in [0.29, 0.717) is 13.0 Å². The molecule has 0 unspecified atom stereocenters. The van der Waals surface area contributed by atoms with Crippen LogP contribution in [0.1, 0.15) is 22.7 Å². The second-order valence-corrected chi connectivity index (χ2v) is 5.69. The minimum Gasteiger partial charge on any atom is -0.399 e. The maximum atomic E-state index is 12.1. The van der Waals surface area contributed by atoms with Crippen LogP contribution in [0.3, 0.4) is 0 Å². The van der Waals surface area contributed by atoms with Crippen molar-refractivity contribution in [1.29, 1.82) is 0 Å². The lowest BCUT2D eigenvalue weighted by molar-refractivity contribution is -0.119. The van der Waals surface area contributed by atoms with E-state index in [1.54, 1.807) is 11.3 Å². The first kappa shape index (κ1) is 12.2. The highest BCUT2D eigenvalue weighted by molar-refractivity contribution is 7.09. The van der Waals surface area contributed by atoms with E-state index in [0.717, 1.165) is 34.1 Å². The summed E-state index contributed by atoms with van der Waals surface area (Å²) in [5, 5.41) is 2.98. The van der Waals surface area contributed by atoms with Crippen LogP contribution in [0.25, 0.3) is 0 Å². The van der Waals surface area contributed by atoms with Crippen LogP contribution in [0.15, 0.2) is 23.6 Å². The highest BCUT2D eigenvalue weighted by Gasteiger charge is 2.24. The summed E-state index contributed by atoms with van der Waals surface area (Å²) in [6.07, 6.45) is 1.31. The molecule has 2 aromatic rings. The Labute approximate surface area is 115 Å². The van der Waals surface area contributed by atoms with E-state index < -0.39 is 0 Å². The molecule has 4 nitrogen and oxygen atoms in total. The Morgan fingerprint density at radius 3 is 3.00 bits per heavy atom. The molecular weight excluding hydrogens is 258 g/mol. The maximum absolute atomic E-state index is 12.1. The fraction of sp³-hybridized carbons (Fsp3) is 0.286. The zero-order chi connectivity index (χ0) is 13.4. The molecule has 1 aromatic carbocycles. The first-order chi connectivity index (χ1) is 9.13. The van der Waals surface area contributed by atoms with E-state index >= 15 is 0 Å². The summed E-state index contributed by atoms with van der Waals surface area (Å²) < 4.78 is 0. The Balaban J connectivity index is 1.94.